The minimum absolute atomic E-state index is 0.580. The van der Waals surface area contributed by atoms with Crippen molar-refractivity contribution in [3.05, 3.63) is 11.6 Å². The van der Waals surface area contributed by atoms with Crippen LogP contribution in [0.2, 0.25) is 0 Å². The zero-order valence-electron chi connectivity index (χ0n) is 7.95. The average molecular weight is 185 g/mol. The minimum atomic E-state index is -0.912. The first kappa shape index (κ1) is 10.2. The molecule has 4 nitrogen and oxygen atoms in total. The van der Waals surface area contributed by atoms with Crippen LogP contribution in [0, 0.1) is 0 Å². The van der Waals surface area contributed by atoms with Gasteiger partial charge in [0.25, 0.3) is 0 Å². The number of likely N-dealkylation sites (tertiary alicyclic amines) is 1. The van der Waals surface area contributed by atoms with Crippen LogP contribution < -0.4 is 0 Å². The second-order valence-electron chi connectivity index (χ2n) is 3.97. The van der Waals surface area contributed by atoms with Crippen molar-refractivity contribution in [1.29, 1.82) is 0 Å². The highest BCUT2D eigenvalue weighted by molar-refractivity contribution is 5.80. The van der Waals surface area contributed by atoms with E-state index in [1.807, 2.05) is 4.90 Å². The Morgan fingerprint density at radius 2 is 2.15 bits per heavy atom. The van der Waals surface area contributed by atoms with Crippen LogP contribution >= 0.6 is 0 Å². The third-order valence-electron chi connectivity index (χ3n) is 1.97. The van der Waals surface area contributed by atoms with Crippen LogP contribution in [0.1, 0.15) is 13.8 Å². The van der Waals surface area contributed by atoms with E-state index >= 15 is 0 Å². The molecule has 4 heteroatoms. The molecule has 0 amide bonds. The summed E-state index contributed by atoms with van der Waals surface area (Å²) in [5, 5.41) is 17.8. The predicted octanol–water partition coefficient (Wildman–Crippen LogP) is 0.0839. The van der Waals surface area contributed by atoms with Gasteiger partial charge in [-0.05, 0) is 13.8 Å². The van der Waals surface area contributed by atoms with Crippen molar-refractivity contribution in [3.8, 4) is 0 Å². The van der Waals surface area contributed by atoms with Gasteiger partial charge in [-0.2, -0.15) is 0 Å². The van der Waals surface area contributed by atoms with Gasteiger partial charge in [-0.15, -0.1) is 0 Å². The van der Waals surface area contributed by atoms with Crippen molar-refractivity contribution in [1.82, 2.24) is 4.90 Å². The Morgan fingerprint density at radius 3 is 2.54 bits per heavy atom. The number of β-amino-alcohol motifs (C(OH)–C–C–N with tert-alkyl or cyclic N) is 1. The summed E-state index contributed by atoms with van der Waals surface area (Å²) in [6.07, 6.45) is 1.20. The molecule has 0 aromatic rings. The molecule has 0 atom stereocenters. The van der Waals surface area contributed by atoms with E-state index in [2.05, 4.69) is 0 Å². The number of hydrogen-bond acceptors (Lipinski definition) is 3. The maximum absolute atomic E-state index is 10.3. The predicted molar refractivity (Wildman–Crippen MR) is 48.5 cm³/mol. The van der Waals surface area contributed by atoms with Gasteiger partial charge in [0, 0.05) is 25.7 Å². The van der Waals surface area contributed by atoms with E-state index in [1.54, 1.807) is 13.8 Å². The lowest BCUT2D eigenvalue weighted by Crippen LogP contribution is -2.59. The van der Waals surface area contributed by atoms with Gasteiger partial charge in [0.15, 0.2) is 0 Å². The van der Waals surface area contributed by atoms with E-state index in [9.17, 15) is 9.90 Å². The summed E-state index contributed by atoms with van der Waals surface area (Å²) in [5.41, 5.74) is 0.228. The molecule has 0 aromatic heterocycles. The molecule has 0 bridgehead atoms. The zero-order chi connectivity index (χ0) is 10.1. The van der Waals surface area contributed by atoms with Gasteiger partial charge in [-0.3, -0.25) is 4.90 Å². The molecule has 13 heavy (non-hydrogen) atoms. The van der Waals surface area contributed by atoms with Gasteiger partial charge in [0.2, 0.25) is 0 Å². The van der Waals surface area contributed by atoms with E-state index in [1.165, 1.54) is 6.08 Å². The van der Waals surface area contributed by atoms with Crippen molar-refractivity contribution >= 4 is 5.97 Å². The SMILES string of the molecule is C/C(=C\C(=O)O)CN1CC(C)(O)C1. The summed E-state index contributed by atoms with van der Waals surface area (Å²) in [6, 6.07) is 0. The monoisotopic (exact) mass is 185 g/mol. The summed E-state index contributed by atoms with van der Waals surface area (Å²) in [6.45, 7) is 5.43. The molecule has 0 aromatic carbocycles. The maximum atomic E-state index is 10.3. The molecule has 1 rings (SSSR count). The standard InChI is InChI=1S/C9H15NO3/c1-7(3-8(11)12)4-10-5-9(2,13)6-10/h3,13H,4-6H2,1-2H3,(H,11,12)/b7-3+. The zero-order valence-corrected chi connectivity index (χ0v) is 7.95. The van der Waals surface area contributed by atoms with Gasteiger partial charge in [0.05, 0.1) is 5.60 Å². The molecule has 0 spiro atoms. The van der Waals surface area contributed by atoms with Crippen molar-refractivity contribution in [2.45, 2.75) is 19.4 Å². The Balaban J connectivity index is 2.32. The Morgan fingerprint density at radius 1 is 1.62 bits per heavy atom. The molecule has 0 unspecified atom stereocenters. The number of aliphatic carboxylic acids is 1. The number of carboxylic acids is 1. The molecular weight excluding hydrogens is 170 g/mol. The van der Waals surface area contributed by atoms with Crippen molar-refractivity contribution in [2.24, 2.45) is 0 Å². The van der Waals surface area contributed by atoms with Crippen molar-refractivity contribution < 1.29 is 15.0 Å². The summed E-state index contributed by atoms with van der Waals surface area (Å²) in [5.74, 6) is -0.912. The van der Waals surface area contributed by atoms with Crippen LogP contribution in [0.5, 0.6) is 0 Å². The van der Waals surface area contributed by atoms with E-state index in [0.29, 0.717) is 19.6 Å². The van der Waals surface area contributed by atoms with Crippen LogP contribution in [0.3, 0.4) is 0 Å². The van der Waals surface area contributed by atoms with Gasteiger partial charge in [0.1, 0.15) is 0 Å². The number of rotatable bonds is 3. The van der Waals surface area contributed by atoms with Gasteiger partial charge < -0.3 is 10.2 Å². The van der Waals surface area contributed by atoms with E-state index in [-0.39, 0.29) is 0 Å². The molecule has 2 N–H and O–H groups in total. The highest BCUT2D eigenvalue weighted by Gasteiger charge is 2.35. The molecule has 0 radical (unpaired) electrons. The van der Waals surface area contributed by atoms with Gasteiger partial charge in [-0.1, -0.05) is 5.57 Å². The molecule has 1 fully saturated rings. The van der Waals surface area contributed by atoms with Crippen LogP contribution in [0.25, 0.3) is 0 Å². The first-order chi connectivity index (χ1) is 5.89. The summed E-state index contributed by atoms with van der Waals surface area (Å²) in [4.78, 5) is 12.3. The summed E-state index contributed by atoms with van der Waals surface area (Å²) in [7, 11) is 0. The van der Waals surface area contributed by atoms with Crippen LogP contribution in [0.15, 0.2) is 11.6 Å². The molecular formula is C9H15NO3. The molecule has 1 aliphatic heterocycles. The number of nitrogens with zero attached hydrogens (tertiary/aromatic N) is 1. The molecule has 1 heterocycles. The van der Waals surface area contributed by atoms with Crippen LogP contribution in [0.4, 0.5) is 0 Å². The normalized spacial score (nSPS) is 22.5. The average Bonchev–Trinajstić information content (AvgIpc) is 1.79. The summed E-state index contributed by atoms with van der Waals surface area (Å²) >= 11 is 0. The molecule has 1 saturated heterocycles. The number of hydrogen-bond donors (Lipinski definition) is 2. The number of aliphatic hydroxyl groups is 1. The van der Waals surface area contributed by atoms with E-state index in [4.69, 9.17) is 5.11 Å². The smallest absolute Gasteiger partial charge is 0.328 e. The Labute approximate surface area is 77.5 Å². The van der Waals surface area contributed by atoms with Crippen LogP contribution in [-0.4, -0.2) is 46.3 Å². The lowest BCUT2D eigenvalue weighted by atomic mass is 9.96. The fraction of sp³-hybridized carbons (Fsp3) is 0.667. The Kier molecular flexibility index (Phi) is 2.73. The first-order valence-electron chi connectivity index (χ1n) is 4.24. The Bertz CT molecular complexity index is 237. The Hall–Kier alpha value is -0.870. The third kappa shape index (κ3) is 3.16. The molecule has 0 saturated carbocycles. The minimum Gasteiger partial charge on any atom is -0.478 e. The number of carbonyl (C=O) groups is 1. The maximum Gasteiger partial charge on any atom is 0.328 e. The first-order valence-corrected chi connectivity index (χ1v) is 4.24. The largest absolute Gasteiger partial charge is 0.478 e. The second kappa shape index (κ2) is 3.47. The molecule has 0 aliphatic carbocycles. The quantitative estimate of drug-likeness (QED) is 0.611. The third-order valence-corrected chi connectivity index (χ3v) is 1.97. The molecule has 74 valence electrons. The van der Waals surface area contributed by atoms with Crippen molar-refractivity contribution in [2.75, 3.05) is 19.6 Å². The topological polar surface area (TPSA) is 60.8 Å². The fourth-order valence-corrected chi connectivity index (χ4v) is 1.64. The van der Waals surface area contributed by atoms with E-state index < -0.39 is 11.6 Å². The lowest BCUT2D eigenvalue weighted by Gasteiger charge is -2.44. The van der Waals surface area contributed by atoms with Gasteiger partial charge in [-0.25, -0.2) is 4.79 Å². The highest BCUT2D eigenvalue weighted by Crippen LogP contribution is 2.20. The number of carboxylic acid groups (broad SMARTS) is 1. The second-order valence-corrected chi connectivity index (χ2v) is 3.97. The fourth-order valence-electron chi connectivity index (χ4n) is 1.64. The highest BCUT2D eigenvalue weighted by atomic mass is 16.4. The van der Waals surface area contributed by atoms with Gasteiger partial charge >= 0.3 is 5.97 Å². The van der Waals surface area contributed by atoms with E-state index in [0.717, 1.165) is 5.57 Å². The van der Waals surface area contributed by atoms with Crippen LogP contribution in [-0.2, 0) is 4.79 Å². The lowest BCUT2D eigenvalue weighted by molar-refractivity contribution is -0.131. The summed E-state index contributed by atoms with van der Waals surface area (Å²) < 4.78 is 0. The van der Waals surface area contributed by atoms with Crippen molar-refractivity contribution in [3.63, 3.8) is 0 Å². The molecule has 1 aliphatic rings.